The highest BCUT2D eigenvalue weighted by Gasteiger charge is 2.42. The van der Waals surface area contributed by atoms with Crippen molar-refractivity contribution in [2.45, 2.75) is 25.4 Å². The van der Waals surface area contributed by atoms with Gasteiger partial charge in [-0.3, -0.25) is 5.41 Å². The molecule has 0 aromatic rings. The van der Waals surface area contributed by atoms with Crippen LogP contribution < -0.4 is 5.73 Å². The van der Waals surface area contributed by atoms with Crippen LogP contribution in [0.1, 0.15) is 19.3 Å². The van der Waals surface area contributed by atoms with Crippen molar-refractivity contribution in [2.75, 3.05) is 20.1 Å². The number of nitrogens with zero attached hydrogens (tertiary/aromatic N) is 1. The Balaban J connectivity index is 2.44. The van der Waals surface area contributed by atoms with Crippen LogP contribution in [0.5, 0.6) is 0 Å². The minimum Gasteiger partial charge on any atom is -0.387 e. The molecule has 0 heterocycles. The first-order valence-electron chi connectivity index (χ1n) is 5.40. The Bertz CT molecular complexity index is 248. The summed E-state index contributed by atoms with van der Waals surface area (Å²) in [6, 6.07) is 0. The molecule has 0 amide bonds. The molecule has 0 saturated heterocycles. The number of nitrogens with one attached hydrogen (secondary N) is 1. The summed E-state index contributed by atoms with van der Waals surface area (Å²) in [6.45, 7) is 0.454. The molecule has 3 N–H and O–H groups in total. The van der Waals surface area contributed by atoms with Crippen molar-refractivity contribution < 1.29 is 13.2 Å². The molecule has 1 aliphatic rings. The van der Waals surface area contributed by atoms with Gasteiger partial charge < -0.3 is 10.6 Å². The highest BCUT2D eigenvalue weighted by atomic mass is 19.4. The van der Waals surface area contributed by atoms with Crippen molar-refractivity contribution in [2.24, 2.45) is 17.6 Å². The van der Waals surface area contributed by atoms with Gasteiger partial charge in [0.05, 0.1) is 0 Å². The SMILES string of the molecule is CN(CC1CCC1)CC(C(=N)N)C(F)(F)F. The van der Waals surface area contributed by atoms with Gasteiger partial charge >= 0.3 is 6.18 Å². The molecule has 1 fully saturated rings. The van der Waals surface area contributed by atoms with Gasteiger partial charge in [0.25, 0.3) is 0 Å². The Morgan fingerprint density at radius 3 is 2.38 bits per heavy atom. The Hall–Kier alpha value is -0.780. The fourth-order valence-corrected chi connectivity index (χ4v) is 1.88. The molecule has 0 aromatic heterocycles. The van der Waals surface area contributed by atoms with E-state index in [0.717, 1.165) is 12.8 Å². The minimum absolute atomic E-state index is 0.213. The summed E-state index contributed by atoms with van der Waals surface area (Å²) in [5, 5.41) is 6.97. The molecular formula is C10H18F3N3. The maximum absolute atomic E-state index is 12.5. The largest absolute Gasteiger partial charge is 0.399 e. The van der Waals surface area contributed by atoms with Crippen LogP contribution in [0, 0.1) is 17.2 Å². The molecule has 6 heteroatoms. The highest BCUT2D eigenvalue weighted by molar-refractivity contribution is 5.80. The lowest BCUT2D eigenvalue weighted by atomic mass is 9.85. The Labute approximate surface area is 93.3 Å². The van der Waals surface area contributed by atoms with Gasteiger partial charge in [0.1, 0.15) is 11.8 Å². The zero-order valence-electron chi connectivity index (χ0n) is 9.35. The summed E-state index contributed by atoms with van der Waals surface area (Å²) in [4.78, 5) is 1.63. The van der Waals surface area contributed by atoms with Crippen LogP contribution in [-0.2, 0) is 0 Å². The van der Waals surface area contributed by atoms with Crippen LogP contribution in [0.4, 0.5) is 13.2 Å². The second kappa shape index (κ2) is 5.03. The fourth-order valence-electron chi connectivity index (χ4n) is 1.88. The number of nitrogens with two attached hydrogens (primary N) is 1. The van der Waals surface area contributed by atoms with Crippen LogP contribution in [0.15, 0.2) is 0 Å². The summed E-state index contributed by atoms with van der Waals surface area (Å²) in [6.07, 6.45) is -1.05. The van der Waals surface area contributed by atoms with Gasteiger partial charge in [-0.25, -0.2) is 0 Å². The molecule has 16 heavy (non-hydrogen) atoms. The molecule has 1 aliphatic carbocycles. The molecule has 1 saturated carbocycles. The number of rotatable bonds is 5. The highest BCUT2D eigenvalue weighted by Crippen LogP contribution is 2.29. The van der Waals surface area contributed by atoms with Gasteiger partial charge in [-0.2, -0.15) is 13.2 Å². The van der Waals surface area contributed by atoms with E-state index in [0.29, 0.717) is 12.5 Å². The van der Waals surface area contributed by atoms with E-state index in [1.807, 2.05) is 0 Å². The van der Waals surface area contributed by atoms with E-state index in [2.05, 4.69) is 0 Å². The predicted molar refractivity (Wildman–Crippen MR) is 56.3 cm³/mol. The lowest BCUT2D eigenvalue weighted by molar-refractivity contribution is -0.159. The predicted octanol–water partition coefficient (Wildman–Crippen LogP) is 1.83. The van der Waals surface area contributed by atoms with Gasteiger partial charge in [0, 0.05) is 13.1 Å². The van der Waals surface area contributed by atoms with Gasteiger partial charge in [-0.15, -0.1) is 0 Å². The molecule has 0 aromatic carbocycles. The molecule has 3 nitrogen and oxygen atoms in total. The maximum Gasteiger partial charge on any atom is 0.399 e. The first kappa shape index (κ1) is 13.3. The second-order valence-electron chi connectivity index (χ2n) is 4.57. The van der Waals surface area contributed by atoms with E-state index in [9.17, 15) is 13.2 Å². The van der Waals surface area contributed by atoms with E-state index in [1.54, 1.807) is 11.9 Å². The smallest absolute Gasteiger partial charge is 0.387 e. The van der Waals surface area contributed by atoms with Crippen molar-refractivity contribution in [1.82, 2.24) is 4.90 Å². The number of halogens is 3. The summed E-state index contributed by atoms with van der Waals surface area (Å²) in [5.74, 6) is -2.11. The molecule has 0 aliphatic heterocycles. The summed E-state index contributed by atoms with van der Waals surface area (Å²) >= 11 is 0. The maximum atomic E-state index is 12.5. The Morgan fingerprint density at radius 1 is 1.50 bits per heavy atom. The number of alkyl halides is 3. The third-order valence-corrected chi connectivity index (χ3v) is 3.06. The van der Waals surface area contributed by atoms with E-state index in [-0.39, 0.29) is 6.54 Å². The summed E-state index contributed by atoms with van der Waals surface area (Å²) in [7, 11) is 1.65. The van der Waals surface area contributed by atoms with E-state index >= 15 is 0 Å². The van der Waals surface area contributed by atoms with Gasteiger partial charge in [0.2, 0.25) is 0 Å². The van der Waals surface area contributed by atoms with E-state index < -0.39 is 17.9 Å². The average molecular weight is 237 g/mol. The third kappa shape index (κ3) is 3.66. The lowest BCUT2D eigenvalue weighted by Crippen LogP contribution is -2.44. The van der Waals surface area contributed by atoms with Crippen LogP contribution in [0.3, 0.4) is 0 Å². The van der Waals surface area contributed by atoms with Crippen molar-refractivity contribution in [1.29, 1.82) is 5.41 Å². The lowest BCUT2D eigenvalue weighted by Gasteiger charge is -2.32. The standard InChI is InChI=1S/C10H18F3N3/c1-16(5-7-3-2-4-7)6-8(9(14)15)10(11,12)13/h7-8H,2-6H2,1H3,(H3,14,15). The van der Waals surface area contributed by atoms with Gasteiger partial charge in [-0.05, 0) is 25.8 Å². The Morgan fingerprint density at radius 2 is 2.06 bits per heavy atom. The van der Waals surface area contributed by atoms with Crippen molar-refractivity contribution in [3.63, 3.8) is 0 Å². The average Bonchev–Trinajstić information content (AvgIpc) is 2.05. The quantitative estimate of drug-likeness (QED) is 0.566. The van der Waals surface area contributed by atoms with E-state index in [1.165, 1.54) is 6.42 Å². The topological polar surface area (TPSA) is 53.1 Å². The van der Waals surface area contributed by atoms with Gasteiger partial charge in [-0.1, -0.05) is 6.42 Å². The minimum atomic E-state index is -4.42. The van der Waals surface area contributed by atoms with Crippen molar-refractivity contribution >= 4 is 5.84 Å². The molecule has 1 atom stereocenters. The van der Waals surface area contributed by atoms with Crippen LogP contribution in [-0.4, -0.2) is 37.0 Å². The van der Waals surface area contributed by atoms with Gasteiger partial charge in [0.15, 0.2) is 0 Å². The number of hydrogen-bond donors (Lipinski definition) is 2. The third-order valence-electron chi connectivity index (χ3n) is 3.06. The first-order valence-corrected chi connectivity index (χ1v) is 5.40. The summed E-state index contributed by atoms with van der Waals surface area (Å²) < 4.78 is 37.6. The number of amidine groups is 1. The zero-order chi connectivity index (χ0) is 12.3. The molecule has 0 spiro atoms. The molecule has 0 radical (unpaired) electrons. The van der Waals surface area contributed by atoms with Crippen LogP contribution in [0.2, 0.25) is 0 Å². The monoisotopic (exact) mass is 237 g/mol. The van der Waals surface area contributed by atoms with Crippen molar-refractivity contribution in [3.8, 4) is 0 Å². The Kier molecular flexibility index (Phi) is 4.18. The van der Waals surface area contributed by atoms with Crippen LogP contribution in [0.25, 0.3) is 0 Å². The van der Waals surface area contributed by atoms with Crippen molar-refractivity contribution in [3.05, 3.63) is 0 Å². The number of hydrogen-bond acceptors (Lipinski definition) is 2. The van der Waals surface area contributed by atoms with Crippen LogP contribution >= 0.6 is 0 Å². The molecule has 1 unspecified atom stereocenters. The normalized spacial score (nSPS) is 19.6. The van der Waals surface area contributed by atoms with E-state index in [4.69, 9.17) is 11.1 Å². The first-order chi connectivity index (χ1) is 7.30. The molecular weight excluding hydrogens is 219 g/mol. The fraction of sp³-hybridized carbons (Fsp3) is 0.900. The zero-order valence-corrected chi connectivity index (χ0v) is 9.35. The molecule has 1 rings (SSSR count). The second-order valence-corrected chi connectivity index (χ2v) is 4.57. The summed E-state index contributed by atoms with van der Waals surface area (Å²) in [5.41, 5.74) is 4.99. The molecule has 94 valence electrons. The molecule has 0 bridgehead atoms.